The van der Waals surface area contributed by atoms with Crippen LogP contribution in [0.5, 0.6) is 11.8 Å². The fraction of sp³-hybridized carbons (Fsp3) is 0.333. The van der Waals surface area contributed by atoms with Crippen molar-refractivity contribution in [2.24, 2.45) is 0 Å². The summed E-state index contributed by atoms with van der Waals surface area (Å²) in [5.74, 6) is -0.0741. The molecule has 0 atom stereocenters. The van der Waals surface area contributed by atoms with Gasteiger partial charge in [-0.2, -0.15) is 10.2 Å². The van der Waals surface area contributed by atoms with Gasteiger partial charge in [0.1, 0.15) is 6.07 Å². The normalized spacial score (nSPS) is 9.12. The van der Waals surface area contributed by atoms with E-state index in [1.54, 1.807) is 6.07 Å². The van der Waals surface area contributed by atoms with Gasteiger partial charge in [-0.15, -0.1) is 0 Å². The molecule has 0 spiro atoms. The van der Waals surface area contributed by atoms with Gasteiger partial charge >= 0.3 is 0 Å². The molecule has 1 aromatic heterocycles. The minimum absolute atomic E-state index is 0.0163. The fourth-order valence-corrected chi connectivity index (χ4v) is 1.00. The van der Waals surface area contributed by atoms with Crippen molar-refractivity contribution < 1.29 is 14.2 Å². The summed E-state index contributed by atoms with van der Waals surface area (Å²) in [6.45, 7) is 0. The van der Waals surface area contributed by atoms with Gasteiger partial charge in [-0.1, -0.05) is 0 Å². The van der Waals surface area contributed by atoms with Crippen LogP contribution < -0.4 is 9.47 Å². The van der Waals surface area contributed by atoms with Gasteiger partial charge in [-0.05, 0) is 0 Å². The average Bonchev–Trinajstić information content (AvgIpc) is 2.35. The Hall–Kier alpha value is -2.36. The third kappa shape index (κ3) is 2.00. The van der Waals surface area contributed by atoms with Crippen LogP contribution in [0.4, 0.5) is 0 Å². The zero-order valence-electron chi connectivity index (χ0n) is 9.07. The van der Waals surface area contributed by atoms with Gasteiger partial charge in [0.2, 0.25) is 5.90 Å². The number of hydrogen-bond donors (Lipinski definition) is 1. The SMILES string of the molecule is COC(=N)c1nc(OC)c(OC)nc1C#N. The highest BCUT2D eigenvalue weighted by Crippen LogP contribution is 2.23. The Morgan fingerprint density at radius 1 is 1.19 bits per heavy atom. The second-order valence-corrected chi connectivity index (χ2v) is 2.58. The number of ether oxygens (including phenoxy) is 3. The minimum Gasteiger partial charge on any atom is -0.480 e. The van der Waals surface area contributed by atoms with Crippen LogP contribution in [0.3, 0.4) is 0 Å². The van der Waals surface area contributed by atoms with Crippen LogP contribution in [-0.2, 0) is 4.74 Å². The van der Waals surface area contributed by atoms with Crippen molar-refractivity contribution in [3.8, 4) is 17.8 Å². The molecule has 0 saturated heterocycles. The summed E-state index contributed by atoms with van der Waals surface area (Å²) in [5, 5.41) is 16.3. The Bertz CT molecular complexity index is 453. The molecule has 16 heavy (non-hydrogen) atoms. The largest absolute Gasteiger partial charge is 0.480 e. The summed E-state index contributed by atoms with van der Waals surface area (Å²) < 4.78 is 14.5. The molecule has 7 heteroatoms. The molecule has 1 N–H and O–H groups in total. The van der Waals surface area contributed by atoms with E-state index in [1.165, 1.54) is 21.3 Å². The molecular formula is C9H10N4O3. The average molecular weight is 222 g/mol. The van der Waals surface area contributed by atoms with Crippen LogP contribution in [0.25, 0.3) is 0 Å². The Labute approximate surface area is 92.1 Å². The first-order valence-electron chi connectivity index (χ1n) is 4.21. The van der Waals surface area contributed by atoms with E-state index in [-0.39, 0.29) is 29.0 Å². The van der Waals surface area contributed by atoms with Crippen LogP contribution in [0, 0.1) is 16.7 Å². The summed E-state index contributed by atoms with van der Waals surface area (Å²) in [7, 11) is 4.08. The topological polar surface area (TPSA) is 101 Å². The molecule has 7 nitrogen and oxygen atoms in total. The lowest BCUT2D eigenvalue weighted by atomic mass is 10.3. The standard InChI is InChI=1S/C9H10N4O3/c1-14-7(11)6-5(4-10)12-8(15-2)9(13-6)16-3/h11H,1-3H3. The molecule has 0 fully saturated rings. The van der Waals surface area contributed by atoms with Gasteiger partial charge < -0.3 is 14.2 Å². The summed E-state index contributed by atoms with van der Waals surface area (Å²) in [6.07, 6.45) is 0. The maximum absolute atomic E-state index is 8.85. The van der Waals surface area contributed by atoms with Crippen molar-refractivity contribution >= 4 is 5.90 Å². The highest BCUT2D eigenvalue weighted by atomic mass is 16.5. The van der Waals surface area contributed by atoms with E-state index < -0.39 is 0 Å². The molecule has 0 unspecified atom stereocenters. The van der Waals surface area contributed by atoms with E-state index in [0.717, 1.165) is 0 Å². The molecule has 0 aliphatic rings. The predicted molar refractivity (Wildman–Crippen MR) is 53.7 cm³/mol. The van der Waals surface area contributed by atoms with Crippen LogP contribution in [-0.4, -0.2) is 37.2 Å². The Kier molecular flexibility index (Phi) is 3.61. The van der Waals surface area contributed by atoms with Gasteiger partial charge in [0.15, 0.2) is 11.4 Å². The van der Waals surface area contributed by atoms with E-state index in [2.05, 4.69) is 14.7 Å². The summed E-state index contributed by atoms with van der Waals surface area (Å²) in [6, 6.07) is 1.81. The third-order valence-corrected chi connectivity index (χ3v) is 1.75. The molecule has 1 heterocycles. The minimum atomic E-state index is -0.259. The molecule has 0 radical (unpaired) electrons. The number of nitrogens with zero attached hydrogens (tertiary/aromatic N) is 3. The Balaban J connectivity index is 3.39. The maximum atomic E-state index is 8.85. The van der Waals surface area contributed by atoms with Crippen LogP contribution in [0.1, 0.15) is 11.4 Å². The maximum Gasteiger partial charge on any atom is 0.279 e. The number of rotatable bonds is 3. The first-order valence-corrected chi connectivity index (χ1v) is 4.21. The first kappa shape index (κ1) is 11.7. The molecule has 0 saturated carbocycles. The lowest BCUT2D eigenvalue weighted by Gasteiger charge is -2.08. The van der Waals surface area contributed by atoms with Crippen LogP contribution in [0.15, 0.2) is 0 Å². The molecule has 0 aliphatic carbocycles. The molecule has 1 aromatic rings. The van der Waals surface area contributed by atoms with Gasteiger partial charge in [-0.3, -0.25) is 5.41 Å². The molecule has 1 rings (SSSR count). The second kappa shape index (κ2) is 4.93. The van der Waals surface area contributed by atoms with Crippen molar-refractivity contribution in [1.29, 1.82) is 10.7 Å². The quantitative estimate of drug-likeness (QED) is 0.584. The van der Waals surface area contributed by atoms with Crippen molar-refractivity contribution in [2.45, 2.75) is 0 Å². The van der Waals surface area contributed by atoms with Crippen LogP contribution >= 0.6 is 0 Å². The number of nitriles is 1. The number of methoxy groups -OCH3 is 3. The fourth-order valence-electron chi connectivity index (χ4n) is 1.00. The summed E-state index contributed by atoms with van der Waals surface area (Å²) >= 11 is 0. The lowest BCUT2D eigenvalue weighted by Crippen LogP contribution is -2.11. The molecule has 84 valence electrons. The molecular weight excluding hydrogens is 212 g/mol. The number of hydrogen-bond acceptors (Lipinski definition) is 7. The third-order valence-electron chi connectivity index (χ3n) is 1.75. The highest BCUT2D eigenvalue weighted by molar-refractivity contribution is 5.91. The van der Waals surface area contributed by atoms with Gasteiger partial charge in [0.05, 0.1) is 21.3 Å². The van der Waals surface area contributed by atoms with Crippen molar-refractivity contribution in [2.75, 3.05) is 21.3 Å². The Morgan fingerprint density at radius 2 is 1.75 bits per heavy atom. The van der Waals surface area contributed by atoms with Crippen molar-refractivity contribution in [3.63, 3.8) is 0 Å². The molecule has 0 aliphatic heterocycles. The first-order chi connectivity index (χ1) is 7.67. The zero-order chi connectivity index (χ0) is 12.1. The highest BCUT2D eigenvalue weighted by Gasteiger charge is 2.18. The van der Waals surface area contributed by atoms with Crippen LogP contribution in [0.2, 0.25) is 0 Å². The number of aromatic nitrogens is 2. The van der Waals surface area contributed by atoms with Crippen molar-refractivity contribution in [1.82, 2.24) is 9.97 Å². The van der Waals surface area contributed by atoms with Gasteiger partial charge in [-0.25, -0.2) is 4.98 Å². The Morgan fingerprint density at radius 3 is 2.19 bits per heavy atom. The monoisotopic (exact) mass is 222 g/mol. The molecule has 0 amide bonds. The summed E-state index contributed by atoms with van der Waals surface area (Å²) in [4.78, 5) is 7.78. The summed E-state index contributed by atoms with van der Waals surface area (Å²) in [5.41, 5.74) is -0.0350. The van der Waals surface area contributed by atoms with E-state index >= 15 is 0 Å². The van der Waals surface area contributed by atoms with E-state index in [9.17, 15) is 0 Å². The smallest absolute Gasteiger partial charge is 0.279 e. The molecule has 0 bridgehead atoms. The second-order valence-electron chi connectivity index (χ2n) is 2.58. The predicted octanol–water partition coefficient (Wildman–Crippen LogP) is 0.337. The van der Waals surface area contributed by atoms with E-state index in [4.69, 9.17) is 20.1 Å². The van der Waals surface area contributed by atoms with Gasteiger partial charge in [0.25, 0.3) is 11.8 Å². The van der Waals surface area contributed by atoms with Gasteiger partial charge in [0, 0.05) is 0 Å². The lowest BCUT2D eigenvalue weighted by molar-refractivity contribution is 0.329. The zero-order valence-corrected chi connectivity index (χ0v) is 9.07. The van der Waals surface area contributed by atoms with Crippen molar-refractivity contribution in [3.05, 3.63) is 11.4 Å². The molecule has 0 aromatic carbocycles. The van der Waals surface area contributed by atoms with E-state index in [1.807, 2.05) is 0 Å². The van der Waals surface area contributed by atoms with E-state index in [0.29, 0.717) is 0 Å². The number of nitrogens with one attached hydrogen (secondary N) is 1.